The van der Waals surface area contributed by atoms with E-state index in [1.54, 1.807) is 20.8 Å². The van der Waals surface area contributed by atoms with E-state index in [9.17, 15) is 10.1 Å². The van der Waals surface area contributed by atoms with Crippen molar-refractivity contribution in [3.8, 4) is 6.07 Å². The van der Waals surface area contributed by atoms with Gasteiger partial charge in [-0.25, -0.2) is 9.78 Å². The van der Waals surface area contributed by atoms with Gasteiger partial charge in [0.25, 0.3) is 0 Å². The Kier molecular flexibility index (Phi) is 4.42. The van der Waals surface area contributed by atoms with Crippen LogP contribution in [0.3, 0.4) is 0 Å². The van der Waals surface area contributed by atoms with E-state index >= 15 is 0 Å². The normalized spacial score (nSPS) is 11.2. The maximum Gasteiger partial charge on any atom is 0.412 e. The van der Waals surface area contributed by atoms with Crippen LogP contribution in [0.5, 0.6) is 0 Å². The van der Waals surface area contributed by atoms with Crippen molar-refractivity contribution in [1.29, 1.82) is 5.26 Å². The summed E-state index contributed by atoms with van der Waals surface area (Å²) in [6.07, 6.45) is 0.869. The SMILES string of the molecule is CC(C)(C)OC(=O)Nc1sc2c(Cl)cnc(Br)c2c1C#N. The minimum atomic E-state index is -0.620. The van der Waals surface area contributed by atoms with Crippen LogP contribution in [0.4, 0.5) is 9.80 Å². The molecule has 0 aliphatic heterocycles. The number of pyridine rings is 1. The fourth-order valence-corrected chi connectivity index (χ4v) is 3.55. The summed E-state index contributed by atoms with van der Waals surface area (Å²) < 4.78 is 6.37. The molecule has 0 saturated heterocycles. The van der Waals surface area contributed by atoms with Gasteiger partial charge in [-0.05, 0) is 36.7 Å². The van der Waals surface area contributed by atoms with Crippen molar-refractivity contribution in [2.75, 3.05) is 5.32 Å². The van der Waals surface area contributed by atoms with Crippen LogP contribution < -0.4 is 5.32 Å². The molecular weight excluding hydrogens is 378 g/mol. The van der Waals surface area contributed by atoms with Crippen molar-refractivity contribution >= 4 is 60.0 Å². The number of thiophene rings is 1. The van der Waals surface area contributed by atoms with Gasteiger partial charge in [0.2, 0.25) is 0 Å². The van der Waals surface area contributed by atoms with Crippen LogP contribution in [0.25, 0.3) is 10.1 Å². The van der Waals surface area contributed by atoms with Crippen molar-refractivity contribution in [1.82, 2.24) is 4.98 Å². The number of amides is 1. The summed E-state index contributed by atoms with van der Waals surface area (Å²) in [5.74, 6) is 0. The molecule has 8 heteroatoms. The first kappa shape index (κ1) is 16.0. The standard InChI is InChI=1S/C13H11BrClN3O2S/c1-13(2,3)20-12(19)18-11-6(4-16)8-9(21-11)7(15)5-17-10(8)14/h5H,1-3H3,(H,18,19). The molecule has 21 heavy (non-hydrogen) atoms. The number of nitrogens with one attached hydrogen (secondary N) is 1. The van der Waals surface area contributed by atoms with Crippen molar-refractivity contribution in [2.24, 2.45) is 0 Å². The molecule has 0 aliphatic rings. The van der Waals surface area contributed by atoms with Crippen LogP contribution >= 0.6 is 38.9 Å². The highest BCUT2D eigenvalue weighted by molar-refractivity contribution is 9.10. The number of aromatic nitrogens is 1. The van der Waals surface area contributed by atoms with Crippen LogP contribution in [-0.4, -0.2) is 16.7 Å². The van der Waals surface area contributed by atoms with E-state index in [4.69, 9.17) is 16.3 Å². The Morgan fingerprint density at radius 2 is 2.24 bits per heavy atom. The van der Waals surface area contributed by atoms with Gasteiger partial charge in [0.05, 0.1) is 15.3 Å². The lowest BCUT2D eigenvalue weighted by Gasteiger charge is -2.19. The second kappa shape index (κ2) is 5.79. The quantitative estimate of drug-likeness (QED) is 0.703. The van der Waals surface area contributed by atoms with Crippen LogP contribution in [0, 0.1) is 11.3 Å². The van der Waals surface area contributed by atoms with Gasteiger partial charge >= 0.3 is 6.09 Å². The van der Waals surface area contributed by atoms with Gasteiger partial charge in [-0.15, -0.1) is 11.3 Å². The molecule has 0 bridgehead atoms. The van der Waals surface area contributed by atoms with Crippen molar-refractivity contribution in [2.45, 2.75) is 26.4 Å². The molecule has 2 aromatic heterocycles. The third-order valence-electron chi connectivity index (χ3n) is 2.35. The second-order valence-electron chi connectivity index (χ2n) is 5.15. The predicted molar refractivity (Wildman–Crippen MR) is 86.9 cm³/mol. The van der Waals surface area contributed by atoms with Gasteiger partial charge in [0, 0.05) is 11.6 Å². The first-order chi connectivity index (χ1) is 9.73. The minimum absolute atomic E-state index is 0.308. The molecule has 2 heterocycles. The Balaban J connectivity index is 2.46. The highest BCUT2D eigenvalue weighted by atomic mass is 79.9. The number of carbonyl (C=O) groups is 1. The number of ether oxygens (including phenoxy) is 1. The summed E-state index contributed by atoms with van der Waals surface area (Å²) in [7, 11) is 0. The van der Waals surface area contributed by atoms with Crippen molar-refractivity contribution < 1.29 is 9.53 Å². The van der Waals surface area contributed by atoms with Gasteiger partial charge in [-0.2, -0.15) is 5.26 Å². The molecule has 0 spiro atoms. The number of nitriles is 1. The molecule has 0 radical (unpaired) electrons. The van der Waals surface area contributed by atoms with E-state index in [0.29, 0.717) is 30.3 Å². The number of hydrogen-bond donors (Lipinski definition) is 1. The Bertz CT molecular complexity index is 761. The summed E-state index contributed by atoms with van der Waals surface area (Å²) in [6.45, 7) is 5.29. The van der Waals surface area contributed by atoms with E-state index < -0.39 is 11.7 Å². The molecule has 2 rings (SSSR count). The average Bonchev–Trinajstić information content (AvgIpc) is 2.71. The molecule has 110 valence electrons. The Hall–Kier alpha value is -1.36. The van der Waals surface area contributed by atoms with Gasteiger partial charge in [-0.3, -0.25) is 5.32 Å². The summed E-state index contributed by atoms with van der Waals surface area (Å²) in [5.41, 5.74) is -0.310. The van der Waals surface area contributed by atoms with E-state index in [0.717, 1.165) is 0 Å². The van der Waals surface area contributed by atoms with Crippen LogP contribution in [0.2, 0.25) is 5.02 Å². The van der Waals surface area contributed by atoms with E-state index in [-0.39, 0.29) is 0 Å². The average molecular weight is 389 g/mol. The molecule has 0 aliphatic carbocycles. The van der Waals surface area contributed by atoms with E-state index in [2.05, 4.69) is 32.3 Å². The molecule has 0 fully saturated rings. The summed E-state index contributed by atoms with van der Waals surface area (Å²) in [5, 5.41) is 13.3. The highest BCUT2D eigenvalue weighted by Gasteiger charge is 2.22. The minimum Gasteiger partial charge on any atom is -0.444 e. The molecule has 0 atom stereocenters. The molecule has 0 saturated carbocycles. The number of hydrogen-bond acceptors (Lipinski definition) is 5. The largest absolute Gasteiger partial charge is 0.444 e. The first-order valence-electron chi connectivity index (χ1n) is 5.89. The maximum absolute atomic E-state index is 11.8. The summed E-state index contributed by atoms with van der Waals surface area (Å²) >= 11 is 10.6. The fraction of sp³-hybridized carbons (Fsp3) is 0.308. The topological polar surface area (TPSA) is 75.0 Å². The predicted octanol–water partition coefficient (Wildman–Crippen LogP) is 4.93. The third kappa shape index (κ3) is 3.46. The lowest BCUT2D eigenvalue weighted by atomic mass is 10.2. The number of anilines is 1. The van der Waals surface area contributed by atoms with Crippen LogP contribution in [-0.2, 0) is 4.74 Å². The lowest BCUT2D eigenvalue weighted by molar-refractivity contribution is 0.0636. The molecule has 2 aromatic rings. The van der Waals surface area contributed by atoms with E-state index in [1.807, 2.05) is 0 Å². The van der Waals surface area contributed by atoms with Gasteiger partial charge in [0.1, 0.15) is 21.3 Å². The zero-order valence-corrected chi connectivity index (χ0v) is 14.6. The monoisotopic (exact) mass is 387 g/mol. The molecular formula is C13H11BrClN3O2S. The first-order valence-corrected chi connectivity index (χ1v) is 7.88. The third-order valence-corrected chi connectivity index (χ3v) is 4.49. The van der Waals surface area contributed by atoms with Crippen LogP contribution in [0.1, 0.15) is 26.3 Å². The number of carbonyl (C=O) groups excluding carboxylic acids is 1. The zero-order valence-electron chi connectivity index (χ0n) is 11.5. The molecule has 1 amide bonds. The van der Waals surface area contributed by atoms with Crippen molar-refractivity contribution in [3.63, 3.8) is 0 Å². The molecule has 5 nitrogen and oxygen atoms in total. The summed E-state index contributed by atoms with van der Waals surface area (Å²) in [6, 6.07) is 2.07. The molecule has 0 unspecified atom stereocenters. The highest BCUT2D eigenvalue weighted by Crippen LogP contribution is 2.41. The van der Waals surface area contributed by atoms with Gasteiger partial charge < -0.3 is 4.74 Å². The maximum atomic E-state index is 11.8. The van der Waals surface area contributed by atoms with Crippen LogP contribution in [0.15, 0.2) is 10.8 Å². The number of fused-ring (bicyclic) bond motifs is 1. The Morgan fingerprint density at radius 1 is 1.57 bits per heavy atom. The van der Waals surface area contributed by atoms with Crippen molar-refractivity contribution in [3.05, 3.63) is 21.4 Å². The lowest BCUT2D eigenvalue weighted by Crippen LogP contribution is -2.27. The van der Waals surface area contributed by atoms with Gasteiger partial charge in [-0.1, -0.05) is 11.6 Å². The fourth-order valence-electron chi connectivity index (χ4n) is 1.62. The summed E-state index contributed by atoms with van der Waals surface area (Å²) in [4.78, 5) is 15.9. The smallest absolute Gasteiger partial charge is 0.412 e. The Morgan fingerprint density at radius 3 is 2.81 bits per heavy atom. The molecule has 1 N–H and O–H groups in total. The number of halogens is 2. The Labute approximate surface area is 139 Å². The van der Waals surface area contributed by atoms with Gasteiger partial charge in [0.15, 0.2) is 0 Å². The van der Waals surface area contributed by atoms with E-state index in [1.165, 1.54) is 17.5 Å². The number of nitrogens with zero attached hydrogens (tertiary/aromatic N) is 2. The second-order valence-corrected chi connectivity index (χ2v) is 7.32. The number of rotatable bonds is 1. The zero-order chi connectivity index (χ0) is 15.8. The molecule has 0 aromatic carbocycles.